The molecule has 0 amide bonds. The lowest BCUT2D eigenvalue weighted by molar-refractivity contribution is 0.0893. The molecule has 1 saturated heterocycles. The van der Waals surface area contributed by atoms with Crippen LogP contribution in [0.1, 0.15) is 70.4 Å². The highest BCUT2D eigenvalue weighted by molar-refractivity contribution is 5.84. The lowest BCUT2D eigenvalue weighted by Crippen LogP contribution is -2.43. The molecule has 0 bridgehead atoms. The molecule has 2 aliphatic heterocycles. The van der Waals surface area contributed by atoms with E-state index in [-0.39, 0.29) is 0 Å². The Labute approximate surface area is 187 Å². The van der Waals surface area contributed by atoms with E-state index >= 15 is 0 Å². The van der Waals surface area contributed by atoms with Crippen LogP contribution in [0, 0.1) is 11.8 Å². The highest BCUT2D eigenvalue weighted by Gasteiger charge is 2.30. The Morgan fingerprint density at radius 1 is 0.935 bits per heavy atom. The van der Waals surface area contributed by atoms with Crippen molar-refractivity contribution in [3.8, 4) is 0 Å². The van der Waals surface area contributed by atoms with E-state index in [9.17, 15) is 5.11 Å². The molecule has 1 aromatic carbocycles. The second-order valence-corrected chi connectivity index (χ2v) is 10.5. The Balaban J connectivity index is 1.26. The molecule has 2 aromatic rings. The van der Waals surface area contributed by atoms with Crippen LogP contribution in [0.4, 0.5) is 0 Å². The van der Waals surface area contributed by atoms with Crippen molar-refractivity contribution in [2.45, 2.75) is 77.4 Å². The quantitative estimate of drug-likeness (QED) is 0.633. The van der Waals surface area contributed by atoms with Gasteiger partial charge in [0.25, 0.3) is 0 Å². The van der Waals surface area contributed by atoms with Crippen LogP contribution in [0.15, 0.2) is 42.4 Å². The van der Waals surface area contributed by atoms with Gasteiger partial charge in [-0.3, -0.25) is 0 Å². The largest absolute Gasteiger partial charge is 0.511 e. The molecule has 1 aromatic heterocycles. The zero-order chi connectivity index (χ0) is 21.4. The summed E-state index contributed by atoms with van der Waals surface area (Å²) in [5, 5.41) is 11.2. The van der Waals surface area contributed by atoms with Crippen molar-refractivity contribution < 1.29 is 5.11 Å². The van der Waals surface area contributed by atoms with Gasteiger partial charge in [0.05, 0.1) is 0 Å². The van der Waals surface area contributed by atoms with E-state index in [1.54, 1.807) is 0 Å². The lowest BCUT2D eigenvalue weighted by Gasteiger charge is -2.42. The van der Waals surface area contributed by atoms with Gasteiger partial charge in [0.1, 0.15) is 5.76 Å². The smallest absolute Gasteiger partial charge is 0.110 e. The van der Waals surface area contributed by atoms with E-state index in [0.29, 0.717) is 11.8 Å². The number of aliphatic hydroxyl groups is 1. The zero-order valence-corrected chi connectivity index (χ0v) is 19.3. The Morgan fingerprint density at radius 3 is 2.35 bits per heavy atom. The summed E-state index contributed by atoms with van der Waals surface area (Å²) in [6.07, 6.45) is 13.3. The summed E-state index contributed by atoms with van der Waals surface area (Å²) in [6.45, 7) is 9.08. The predicted octanol–water partition coefficient (Wildman–Crippen LogP) is 6.10. The minimum Gasteiger partial charge on any atom is -0.511 e. The van der Waals surface area contributed by atoms with Crippen molar-refractivity contribution >= 4 is 10.9 Å². The first-order chi connectivity index (χ1) is 15.1. The second-order valence-electron chi connectivity index (χ2n) is 10.5. The molecule has 3 aliphatic rings. The fraction of sp³-hybridized carbons (Fsp3) is 0.630. The summed E-state index contributed by atoms with van der Waals surface area (Å²) < 4.78 is 2.57. The third kappa shape index (κ3) is 4.37. The summed E-state index contributed by atoms with van der Waals surface area (Å²) in [5.74, 6) is 2.31. The molecule has 1 N–H and O–H groups in total. The molecule has 2 fully saturated rings. The second kappa shape index (κ2) is 8.90. The first kappa shape index (κ1) is 20.9. The number of rotatable bonds is 5. The molecule has 1 aliphatic carbocycles. The van der Waals surface area contributed by atoms with E-state index in [0.717, 1.165) is 37.4 Å². The number of likely N-dealkylation sites (tertiary alicyclic amines) is 1. The molecular formula is C27H39N3O. The molecule has 0 radical (unpaired) electrons. The summed E-state index contributed by atoms with van der Waals surface area (Å²) in [6, 6.07) is 10.3. The predicted molar refractivity (Wildman–Crippen MR) is 128 cm³/mol. The van der Waals surface area contributed by atoms with Gasteiger partial charge in [0.2, 0.25) is 0 Å². The van der Waals surface area contributed by atoms with E-state index in [2.05, 4.69) is 58.7 Å². The third-order valence-corrected chi connectivity index (χ3v) is 8.28. The van der Waals surface area contributed by atoms with Crippen LogP contribution in [0.25, 0.3) is 10.9 Å². The first-order valence-electron chi connectivity index (χ1n) is 12.5. The van der Waals surface area contributed by atoms with Crippen LogP contribution in [0.3, 0.4) is 0 Å². The summed E-state index contributed by atoms with van der Waals surface area (Å²) in [5.41, 5.74) is 2.76. The Kier molecular flexibility index (Phi) is 6.01. The van der Waals surface area contributed by atoms with Crippen LogP contribution in [-0.4, -0.2) is 45.1 Å². The monoisotopic (exact) mass is 421 g/mol. The van der Waals surface area contributed by atoms with Gasteiger partial charge in [-0.15, -0.1) is 0 Å². The van der Waals surface area contributed by atoms with Gasteiger partial charge in [-0.25, -0.2) is 0 Å². The molecule has 5 rings (SSSR count). The number of piperidine rings is 1. The van der Waals surface area contributed by atoms with Gasteiger partial charge in [-0.05, 0) is 62.0 Å². The van der Waals surface area contributed by atoms with Crippen LogP contribution in [0.2, 0.25) is 0 Å². The van der Waals surface area contributed by atoms with Crippen molar-refractivity contribution in [2.75, 3.05) is 19.6 Å². The fourth-order valence-electron chi connectivity index (χ4n) is 6.31. The summed E-state index contributed by atoms with van der Waals surface area (Å²) >= 11 is 0. The van der Waals surface area contributed by atoms with Crippen molar-refractivity contribution in [1.82, 2.24) is 14.4 Å². The normalized spacial score (nSPS) is 26.2. The Morgan fingerprint density at radius 2 is 1.68 bits per heavy atom. The Bertz CT molecular complexity index is 914. The molecule has 4 heteroatoms. The van der Waals surface area contributed by atoms with Gasteiger partial charge in [0.15, 0.2) is 0 Å². The van der Waals surface area contributed by atoms with Crippen LogP contribution < -0.4 is 0 Å². The van der Waals surface area contributed by atoms with E-state index in [4.69, 9.17) is 0 Å². The van der Waals surface area contributed by atoms with Gasteiger partial charge in [-0.1, -0.05) is 32.0 Å². The molecule has 0 atom stereocenters. The van der Waals surface area contributed by atoms with E-state index in [1.807, 2.05) is 6.20 Å². The number of nitrogens with zero attached hydrogens (tertiary/aromatic N) is 3. The molecule has 0 spiro atoms. The maximum atomic E-state index is 9.78. The zero-order valence-electron chi connectivity index (χ0n) is 19.3. The minimum absolute atomic E-state index is 0.513. The molecule has 4 nitrogen and oxygen atoms in total. The number of aliphatic hydroxyl groups excluding tert-OH is 1. The molecular weight excluding hydrogens is 382 g/mol. The molecule has 31 heavy (non-hydrogen) atoms. The number of benzene rings is 1. The number of aromatic nitrogens is 1. The highest BCUT2D eigenvalue weighted by Crippen LogP contribution is 2.36. The van der Waals surface area contributed by atoms with Gasteiger partial charge in [-0.2, -0.15) is 0 Å². The van der Waals surface area contributed by atoms with Crippen molar-refractivity contribution in [3.63, 3.8) is 0 Å². The maximum absolute atomic E-state index is 9.78. The minimum atomic E-state index is 0.513. The van der Waals surface area contributed by atoms with Gasteiger partial charge in [0, 0.05) is 68.0 Å². The third-order valence-electron chi connectivity index (χ3n) is 8.28. The summed E-state index contributed by atoms with van der Waals surface area (Å²) in [7, 11) is 0. The van der Waals surface area contributed by atoms with E-state index < -0.39 is 0 Å². The van der Waals surface area contributed by atoms with Crippen LogP contribution in [-0.2, 0) is 6.54 Å². The lowest BCUT2D eigenvalue weighted by atomic mass is 9.79. The molecule has 3 heterocycles. The average molecular weight is 422 g/mol. The van der Waals surface area contributed by atoms with E-state index in [1.165, 1.54) is 68.1 Å². The van der Waals surface area contributed by atoms with Crippen molar-refractivity contribution in [1.29, 1.82) is 0 Å². The standard InChI is InChI=1S/C27H39N3O/c1-20(2)21-7-9-23(10-8-21)29-15-11-24(12-16-29)30-18-22(17-28-14-13-25(31)19-28)26-5-3-4-6-27(26)30/h3-6,18-21,23-24,31H,7-17H2,1-2H3/t21-,23+. The van der Waals surface area contributed by atoms with Gasteiger partial charge < -0.3 is 19.5 Å². The van der Waals surface area contributed by atoms with Crippen LogP contribution in [0.5, 0.6) is 0 Å². The number of para-hydroxylation sites is 1. The Hall–Kier alpha value is -1.94. The van der Waals surface area contributed by atoms with Crippen molar-refractivity contribution in [3.05, 3.63) is 48.0 Å². The topological polar surface area (TPSA) is 31.6 Å². The highest BCUT2D eigenvalue weighted by atomic mass is 16.3. The molecule has 0 unspecified atom stereocenters. The fourth-order valence-corrected chi connectivity index (χ4v) is 6.31. The SMILES string of the molecule is CC(C)[C@H]1CC[C@@H](N2CCC(n3cc(CN4C=C(O)CC4)c4ccccc43)CC2)CC1. The van der Waals surface area contributed by atoms with Crippen molar-refractivity contribution in [2.24, 2.45) is 11.8 Å². The number of hydrogen-bond acceptors (Lipinski definition) is 3. The average Bonchev–Trinajstić information content (AvgIpc) is 3.38. The summed E-state index contributed by atoms with van der Waals surface area (Å²) in [4.78, 5) is 5.05. The van der Waals surface area contributed by atoms with Gasteiger partial charge >= 0.3 is 0 Å². The molecule has 168 valence electrons. The maximum Gasteiger partial charge on any atom is 0.110 e. The van der Waals surface area contributed by atoms with Crippen LogP contribution >= 0.6 is 0 Å². The first-order valence-corrected chi connectivity index (χ1v) is 12.5. The number of hydrogen-bond donors (Lipinski definition) is 1. The molecule has 1 saturated carbocycles. The number of fused-ring (bicyclic) bond motifs is 1.